The summed E-state index contributed by atoms with van der Waals surface area (Å²) < 4.78 is 10.9. The van der Waals surface area contributed by atoms with Crippen molar-refractivity contribution in [3.05, 3.63) is 24.0 Å². The lowest BCUT2D eigenvalue weighted by Crippen LogP contribution is -2.42. The third-order valence-electron chi connectivity index (χ3n) is 5.95. The molecule has 1 amide bonds. The average Bonchev–Trinajstić information content (AvgIpc) is 2.98. The zero-order valence-electron chi connectivity index (χ0n) is 17.6. The van der Waals surface area contributed by atoms with Gasteiger partial charge < -0.3 is 19.3 Å². The lowest BCUT2D eigenvalue weighted by molar-refractivity contribution is 0.0910. The average molecular weight is 390 g/mol. The normalized spacial score (nSPS) is 22.1. The standard InChI is InChI=1S/C22H35N3O3/c1-17(2)16-28-22(26)25-12-5-6-19(10-15-25)24-13-8-18(9-14-24)21-20(27-3)7-4-11-23-21/h4,7,11,17-19H,5-6,8-10,12-16H2,1-3H3. The van der Waals surface area contributed by atoms with Gasteiger partial charge in [-0.05, 0) is 63.2 Å². The van der Waals surface area contributed by atoms with Gasteiger partial charge in [-0.3, -0.25) is 4.98 Å². The van der Waals surface area contributed by atoms with Crippen LogP contribution in [0.15, 0.2) is 18.3 Å². The molecule has 0 spiro atoms. The van der Waals surface area contributed by atoms with Crippen molar-refractivity contribution in [1.29, 1.82) is 0 Å². The second kappa shape index (κ2) is 10.1. The number of carbonyl (C=O) groups is 1. The second-order valence-electron chi connectivity index (χ2n) is 8.44. The van der Waals surface area contributed by atoms with Gasteiger partial charge in [0.25, 0.3) is 0 Å². The Hall–Kier alpha value is -1.82. The number of ether oxygens (including phenoxy) is 2. The largest absolute Gasteiger partial charge is 0.495 e. The lowest BCUT2D eigenvalue weighted by Gasteiger charge is -2.37. The summed E-state index contributed by atoms with van der Waals surface area (Å²) in [4.78, 5) is 21.4. The van der Waals surface area contributed by atoms with Gasteiger partial charge in [-0.25, -0.2) is 4.79 Å². The minimum Gasteiger partial charge on any atom is -0.495 e. The van der Waals surface area contributed by atoms with Crippen LogP contribution < -0.4 is 4.74 Å². The van der Waals surface area contributed by atoms with Crippen molar-refractivity contribution >= 4 is 6.09 Å². The highest BCUT2D eigenvalue weighted by atomic mass is 16.6. The molecule has 0 radical (unpaired) electrons. The Morgan fingerprint density at radius 2 is 1.96 bits per heavy atom. The molecule has 3 rings (SSSR count). The fourth-order valence-corrected chi connectivity index (χ4v) is 4.38. The summed E-state index contributed by atoms with van der Waals surface area (Å²) in [5.74, 6) is 1.76. The molecule has 0 aliphatic carbocycles. The van der Waals surface area contributed by atoms with Crippen LogP contribution in [0.5, 0.6) is 5.75 Å². The molecule has 2 saturated heterocycles. The third-order valence-corrected chi connectivity index (χ3v) is 5.95. The van der Waals surface area contributed by atoms with Gasteiger partial charge in [0.05, 0.1) is 19.4 Å². The molecule has 0 N–H and O–H groups in total. The molecule has 1 unspecified atom stereocenters. The fraction of sp³-hybridized carbons (Fsp3) is 0.727. The molecule has 0 saturated carbocycles. The highest BCUT2D eigenvalue weighted by molar-refractivity contribution is 5.67. The molecule has 2 fully saturated rings. The van der Waals surface area contributed by atoms with Gasteiger partial charge >= 0.3 is 6.09 Å². The van der Waals surface area contributed by atoms with Crippen molar-refractivity contribution in [2.24, 2.45) is 5.92 Å². The number of carbonyl (C=O) groups excluding carboxylic acids is 1. The maximum atomic E-state index is 12.3. The van der Waals surface area contributed by atoms with Gasteiger partial charge in [0.1, 0.15) is 5.75 Å². The molecule has 3 heterocycles. The first-order valence-electron chi connectivity index (χ1n) is 10.7. The summed E-state index contributed by atoms with van der Waals surface area (Å²) in [5.41, 5.74) is 1.10. The van der Waals surface area contributed by atoms with E-state index in [0.29, 0.717) is 24.5 Å². The molecule has 6 nitrogen and oxygen atoms in total. The zero-order valence-corrected chi connectivity index (χ0v) is 17.6. The van der Waals surface area contributed by atoms with Gasteiger partial charge in [-0.2, -0.15) is 0 Å². The van der Waals surface area contributed by atoms with E-state index in [4.69, 9.17) is 9.47 Å². The molecular formula is C22H35N3O3. The molecule has 0 bridgehead atoms. The summed E-state index contributed by atoms with van der Waals surface area (Å²) in [5, 5.41) is 0. The number of rotatable bonds is 5. The van der Waals surface area contributed by atoms with Gasteiger partial charge in [0, 0.05) is 31.2 Å². The first-order valence-corrected chi connectivity index (χ1v) is 10.7. The van der Waals surface area contributed by atoms with E-state index in [-0.39, 0.29) is 6.09 Å². The number of methoxy groups -OCH3 is 1. The number of hydrogen-bond donors (Lipinski definition) is 0. The molecule has 1 atom stereocenters. The van der Waals surface area contributed by atoms with Crippen LogP contribution in [0.4, 0.5) is 4.79 Å². The maximum Gasteiger partial charge on any atom is 0.409 e. The van der Waals surface area contributed by atoms with Gasteiger partial charge in [-0.1, -0.05) is 13.8 Å². The smallest absolute Gasteiger partial charge is 0.409 e. The van der Waals surface area contributed by atoms with E-state index >= 15 is 0 Å². The van der Waals surface area contributed by atoms with Crippen LogP contribution in [-0.4, -0.2) is 66.8 Å². The number of amides is 1. The van der Waals surface area contributed by atoms with Crippen molar-refractivity contribution < 1.29 is 14.3 Å². The quantitative estimate of drug-likeness (QED) is 0.764. The van der Waals surface area contributed by atoms with Crippen molar-refractivity contribution in [3.63, 3.8) is 0 Å². The van der Waals surface area contributed by atoms with Crippen LogP contribution in [0, 0.1) is 5.92 Å². The number of piperidine rings is 1. The predicted molar refractivity (Wildman–Crippen MR) is 110 cm³/mol. The third kappa shape index (κ3) is 5.37. The number of pyridine rings is 1. The number of nitrogens with zero attached hydrogens (tertiary/aromatic N) is 3. The van der Waals surface area contributed by atoms with E-state index in [1.165, 1.54) is 0 Å². The fourth-order valence-electron chi connectivity index (χ4n) is 4.38. The van der Waals surface area contributed by atoms with Gasteiger partial charge in [0.15, 0.2) is 0 Å². The molecule has 156 valence electrons. The molecule has 1 aromatic heterocycles. The Labute approximate surface area is 169 Å². The summed E-state index contributed by atoms with van der Waals surface area (Å²) >= 11 is 0. The van der Waals surface area contributed by atoms with Crippen LogP contribution in [0.3, 0.4) is 0 Å². The molecule has 2 aliphatic rings. The van der Waals surface area contributed by atoms with Crippen LogP contribution in [0.25, 0.3) is 0 Å². The van der Waals surface area contributed by atoms with Crippen LogP contribution in [0.1, 0.15) is 57.6 Å². The van der Waals surface area contributed by atoms with Crippen LogP contribution >= 0.6 is 0 Å². The Bertz CT molecular complexity index is 629. The second-order valence-corrected chi connectivity index (χ2v) is 8.44. The maximum absolute atomic E-state index is 12.3. The summed E-state index contributed by atoms with van der Waals surface area (Å²) in [7, 11) is 1.72. The van der Waals surface area contributed by atoms with Gasteiger partial charge in [-0.15, -0.1) is 0 Å². The van der Waals surface area contributed by atoms with Crippen molar-refractivity contribution in [2.75, 3.05) is 39.9 Å². The monoisotopic (exact) mass is 389 g/mol. The minimum absolute atomic E-state index is 0.143. The van der Waals surface area contributed by atoms with Crippen molar-refractivity contribution in [1.82, 2.24) is 14.8 Å². The van der Waals surface area contributed by atoms with Crippen LogP contribution in [0.2, 0.25) is 0 Å². The first kappa shape index (κ1) is 20.9. The van der Waals surface area contributed by atoms with E-state index in [0.717, 1.165) is 69.7 Å². The van der Waals surface area contributed by atoms with E-state index in [1.54, 1.807) is 7.11 Å². The molecule has 6 heteroatoms. The summed E-state index contributed by atoms with van der Waals surface area (Å²) in [6, 6.07) is 4.50. The number of hydrogen-bond acceptors (Lipinski definition) is 5. The lowest BCUT2D eigenvalue weighted by atomic mass is 9.91. The molecule has 0 aromatic carbocycles. The highest BCUT2D eigenvalue weighted by Gasteiger charge is 2.30. The molecule has 1 aromatic rings. The topological polar surface area (TPSA) is 54.9 Å². The van der Waals surface area contributed by atoms with E-state index < -0.39 is 0 Å². The van der Waals surface area contributed by atoms with E-state index in [9.17, 15) is 4.79 Å². The highest BCUT2D eigenvalue weighted by Crippen LogP contribution is 2.34. The van der Waals surface area contributed by atoms with Crippen molar-refractivity contribution in [2.45, 2.75) is 57.9 Å². The van der Waals surface area contributed by atoms with Crippen molar-refractivity contribution in [3.8, 4) is 5.75 Å². The predicted octanol–water partition coefficient (Wildman–Crippen LogP) is 3.92. The van der Waals surface area contributed by atoms with E-state index in [2.05, 4.69) is 23.7 Å². The van der Waals surface area contributed by atoms with Gasteiger partial charge in [0.2, 0.25) is 0 Å². The SMILES string of the molecule is COc1cccnc1C1CCN(C2CCCN(C(=O)OCC(C)C)CC2)CC1. The Morgan fingerprint density at radius 1 is 1.18 bits per heavy atom. The number of likely N-dealkylation sites (tertiary alicyclic amines) is 2. The Balaban J connectivity index is 1.49. The molecule has 28 heavy (non-hydrogen) atoms. The Morgan fingerprint density at radius 3 is 2.68 bits per heavy atom. The Kier molecular flexibility index (Phi) is 7.54. The zero-order chi connectivity index (χ0) is 19.9. The molecular weight excluding hydrogens is 354 g/mol. The summed E-state index contributed by atoms with van der Waals surface area (Å²) in [6.45, 7) is 8.43. The number of aromatic nitrogens is 1. The summed E-state index contributed by atoms with van der Waals surface area (Å²) in [6.07, 6.45) is 7.20. The first-order chi connectivity index (χ1) is 13.6. The minimum atomic E-state index is -0.143. The molecule has 2 aliphatic heterocycles. The van der Waals surface area contributed by atoms with E-state index in [1.807, 2.05) is 23.2 Å². The van der Waals surface area contributed by atoms with Crippen LogP contribution in [-0.2, 0) is 4.74 Å².